The lowest BCUT2D eigenvalue weighted by Gasteiger charge is -2.19. The normalized spacial score (nSPS) is 23.4. The Hall–Kier alpha value is -1.22. The van der Waals surface area contributed by atoms with Crippen molar-refractivity contribution < 1.29 is 16.8 Å². The van der Waals surface area contributed by atoms with Crippen LogP contribution < -0.4 is 5.32 Å². The lowest BCUT2D eigenvalue weighted by Crippen LogP contribution is -2.42. The molecule has 0 amide bonds. The zero-order valence-corrected chi connectivity index (χ0v) is 15.6. The van der Waals surface area contributed by atoms with Gasteiger partial charge in [0.2, 0.25) is 0 Å². The Labute approximate surface area is 146 Å². The van der Waals surface area contributed by atoms with Gasteiger partial charge in [-0.1, -0.05) is 30.3 Å². The summed E-state index contributed by atoms with van der Waals surface area (Å²) in [5, 5.41) is 3.91. The van der Waals surface area contributed by atoms with Crippen molar-refractivity contribution in [3.63, 3.8) is 0 Å². The largest absolute Gasteiger partial charge is 0.308 e. The van der Waals surface area contributed by atoms with Crippen LogP contribution in [0.15, 0.2) is 46.0 Å². The molecule has 1 fully saturated rings. The van der Waals surface area contributed by atoms with Gasteiger partial charge in [-0.05, 0) is 29.5 Å². The molecule has 0 spiro atoms. The molecule has 1 aliphatic heterocycles. The van der Waals surface area contributed by atoms with Crippen molar-refractivity contribution in [1.29, 1.82) is 0 Å². The molecule has 1 aromatic heterocycles. The van der Waals surface area contributed by atoms with Crippen LogP contribution in [0.25, 0.3) is 0 Å². The molecule has 1 saturated heterocycles. The van der Waals surface area contributed by atoms with E-state index in [1.54, 1.807) is 11.4 Å². The van der Waals surface area contributed by atoms with Gasteiger partial charge in [0.05, 0.1) is 16.8 Å². The van der Waals surface area contributed by atoms with Crippen LogP contribution in [0, 0.1) is 6.92 Å². The summed E-state index contributed by atoms with van der Waals surface area (Å²) >= 11 is 1.13. The average molecular weight is 386 g/mol. The van der Waals surface area contributed by atoms with E-state index in [2.05, 4.69) is 5.32 Å². The molecule has 24 heavy (non-hydrogen) atoms. The summed E-state index contributed by atoms with van der Waals surface area (Å²) < 4.78 is 49.9. The highest BCUT2D eigenvalue weighted by molar-refractivity contribution is 7.97. The number of thiophene rings is 1. The van der Waals surface area contributed by atoms with Gasteiger partial charge < -0.3 is 5.32 Å². The number of benzene rings is 1. The Morgan fingerprint density at radius 2 is 1.92 bits per heavy atom. The van der Waals surface area contributed by atoms with Gasteiger partial charge >= 0.3 is 0 Å². The van der Waals surface area contributed by atoms with Gasteiger partial charge in [-0.25, -0.2) is 16.8 Å². The zero-order chi connectivity index (χ0) is 17.4. The first-order chi connectivity index (χ1) is 11.3. The first-order valence-electron chi connectivity index (χ1n) is 7.55. The number of hydrogen-bond donors (Lipinski definition) is 1. The van der Waals surface area contributed by atoms with Gasteiger partial charge in [0.15, 0.2) is 19.7 Å². The van der Waals surface area contributed by atoms with E-state index < -0.39 is 31.0 Å². The van der Waals surface area contributed by atoms with Gasteiger partial charge in [0.1, 0.15) is 4.21 Å². The van der Waals surface area contributed by atoms with E-state index in [9.17, 15) is 16.8 Å². The van der Waals surface area contributed by atoms with E-state index in [-0.39, 0.29) is 15.7 Å². The monoisotopic (exact) mass is 385 g/mol. The second-order valence-electron chi connectivity index (χ2n) is 6.01. The van der Waals surface area contributed by atoms with Crippen molar-refractivity contribution in [3.05, 3.63) is 52.9 Å². The van der Waals surface area contributed by atoms with Crippen LogP contribution in [0.5, 0.6) is 0 Å². The molecule has 2 atom stereocenters. The molecule has 0 radical (unpaired) electrons. The first kappa shape index (κ1) is 17.6. The van der Waals surface area contributed by atoms with Crippen molar-refractivity contribution in [1.82, 2.24) is 5.32 Å². The van der Waals surface area contributed by atoms with Crippen molar-refractivity contribution in [2.45, 2.75) is 29.0 Å². The fourth-order valence-corrected chi connectivity index (χ4v) is 8.88. The molecule has 5 nitrogen and oxygen atoms in total. The van der Waals surface area contributed by atoms with Crippen molar-refractivity contribution in [3.8, 4) is 0 Å². The predicted octanol–water partition coefficient (Wildman–Crippen LogP) is 1.79. The quantitative estimate of drug-likeness (QED) is 0.849. The Morgan fingerprint density at radius 1 is 1.17 bits per heavy atom. The maximum atomic E-state index is 12.8. The van der Waals surface area contributed by atoms with Crippen LogP contribution in [0.3, 0.4) is 0 Å². The van der Waals surface area contributed by atoms with E-state index in [1.807, 2.05) is 31.2 Å². The SMILES string of the molecule is Cc1ccccc1CN[C@@H]1CS(=O)(=O)C[C@H]1S(=O)(=O)c1cccs1. The molecule has 0 bridgehead atoms. The Balaban J connectivity index is 1.84. The standard InChI is InChI=1S/C16H19NO4S3/c1-12-5-2-3-6-13(12)9-17-14-10-23(18,19)11-15(14)24(20,21)16-7-4-8-22-16/h2-8,14-15,17H,9-11H2,1H3/t14-,15-/m1/s1. The van der Waals surface area contributed by atoms with E-state index >= 15 is 0 Å². The summed E-state index contributed by atoms with van der Waals surface area (Å²) in [5.74, 6) is -0.465. The van der Waals surface area contributed by atoms with E-state index in [0.29, 0.717) is 6.54 Å². The number of hydrogen-bond acceptors (Lipinski definition) is 6. The summed E-state index contributed by atoms with van der Waals surface area (Å²) in [5.41, 5.74) is 2.12. The molecule has 8 heteroatoms. The summed E-state index contributed by atoms with van der Waals surface area (Å²) in [6.45, 7) is 2.42. The highest BCUT2D eigenvalue weighted by atomic mass is 32.2. The summed E-state index contributed by atoms with van der Waals surface area (Å²) in [4.78, 5) is 0. The molecule has 1 N–H and O–H groups in total. The maximum absolute atomic E-state index is 12.8. The van der Waals surface area contributed by atoms with E-state index in [4.69, 9.17) is 0 Å². The second kappa shape index (κ2) is 6.59. The van der Waals surface area contributed by atoms with Gasteiger partial charge in [-0.3, -0.25) is 0 Å². The molecule has 2 aromatic rings. The predicted molar refractivity (Wildman–Crippen MR) is 95.8 cm³/mol. The van der Waals surface area contributed by atoms with Crippen molar-refractivity contribution in [2.24, 2.45) is 0 Å². The summed E-state index contributed by atoms with van der Waals surface area (Å²) in [7, 11) is -7.02. The molecule has 1 aliphatic rings. The third-order valence-electron chi connectivity index (χ3n) is 4.29. The fraction of sp³-hybridized carbons (Fsp3) is 0.375. The number of aryl methyl sites for hydroxylation is 1. The molecular weight excluding hydrogens is 366 g/mol. The summed E-state index contributed by atoms with van der Waals surface area (Å²) in [6, 6.07) is 10.4. The van der Waals surface area contributed by atoms with Crippen LogP contribution in [0.4, 0.5) is 0 Å². The minimum Gasteiger partial charge on any atom is -0.308 e. The molecule has 3 rings (SSSR count). The number of nitrogens with one attached hydrogen (secondary N) is 1. The minimum atomic E-state index is -3.65. The molecule has 2 heterocycles. The summed E-state index contributed by atoms with van der Waals surface area (Å²) in [6.07, 6.45) is 0. The molecule has 0 saturated carbocycles. The first-order valence-corrected chi connectivity index (χ1v) is 11.8. The smallest absolute Gasteiger partial charge is 0.193 e. The van der Waals surface area contributed by atoms with Gasteiger partial charge in [-0.15, -0.1) is 11.3 Å². The number of sulfone groups is 2. The second-order valence-corrected chi connectivity index (χ2v) is 11.5. The highest BCUT2D eigenvalue weighted by Crippen LogP contribution is 2.28. The van der Waals surface area contributed by atoms with Gasteiger partial charge in [0, 0.05) is 12.6 Å². The molecule has 1 aromatic carbocycles. The third kappa shape index (κ3) is 3.56. The Kier molecular flexibility index (Phi) is 4.83. The van der Waals surface area contributed by atoms with E-state index in [1.165, 1.54) is 6.07 Å². The fourth-order valence-electron chi connectivity index (χ4n) is 2.94. The maximum Gasteiger partial charge on any atom is 0.193 e. The van der Waals surface area contributed by atoms with Crippen LogP contribution in [0.2, 0.25) is 0 Å². The molecular formula is C16H19NO4S3. The average Bonchev–Trinajstić information content (AvgIpc) is 3.14. The van der Waals surface area contributed by atoms with Crippen LogP contribution in [-0.4, -0.2) is 39.6 Å². The lowest BCUT2D eigenvalue weighted by molar-refractivity contribution is 0.526. The van der Waals surface area contributed by atoms with Gasteiger partial charge in [-0.2, -0.15) is 0 Å². The highest BCUT2D eigenvalue weighted by Gasteiger charge is 2.45. The van der Waals surface area contributed by atoms with Crippen LogP contribution in [0.1, 0.15) is 11.1 Å². The third-order valence-corrected chi connectivity index (χ3v) is 9.87. The minimum absolute atomic E-state index is 0.145. The number of rotatable bonds is 5. The topological polar surface area (TPSA) is 80.3 Å². The van der Waals surface area contributed by atoms with Gasteiger partial charge in [0.25, 0.3) is 0 Å². The lowest BCUT2D eigenvalue weighted by atomic mass is 10.1. The Morgan fingerprint density at radius 3 is 2.58 bits per heavy atom. The molecule has 0 aliphatic carbocycles. The Bertz CT molecular complexity index is 918. The van der Waals surface area contributed by atoms with E-state index in [0.717, 1.165) is 22.5 Å². The zero-order valence-electron chi connectivity index (χ0n) is 13.2. The molecule has 0 unspecified atom stereocenters. The van der Waals surface area contributed by atoms with Crippen LogP contribution in [-0.2, 0) is 26.2 Å². The van der Waals surface area contributed by atoms with Crippen molar-refractivity contribution in [2.75, 3.05) is 11.5 Å². The van der Waals surface area contributed by atoms with Crippen molar-refractivity contribution >= 4 is 31.0 Å². The molecule has 130 valence electrons. The van der Waals surface area contributed by atoms with Crippen LogP contribution >= 0.6 is 11.3 Å².